The van der Waals surface area contributed by atoms with E-state index in [0.29, 0.717) is 33.8 Å². The number of aromatic nitrogens is 3. The largest absolute Gasteiger partial charge is 0.338 e. The summed E-state index contributed by atoms with van der Waals surface area (Å²) < 4.78 is 13.0. The SMILES string of the molecule is O=C(Nc1ccc(F)cc1)Nc1ccc2nc(-c3c4cccccc-4[nH]c3=O)[nH]c2c1. The third-order valence-electron chi connectivity index (χ3n) is 4.86. The van der Waals surface area contributed by atoms with Crippen molar-refractivity contribution in [3.8, 4) is 22.6 Å². The Bertz CT molecular complexity index is 1440. The lowest BCUT2D eigenvalue weighted by atomic mass is 10.1. The number of nitrogens with zero attached hydrogens (tertiary/aromatic N) is 1. The van der Waals surface area contributed by atoms with Crippen LogP contribution in [0.1, 0.15) is 0 Å². The highest BCUT2D eigenvalue weighted by atomic mass is 19.1. The van der Waals surface area contributed by atoms with E-state index in [-0.39, 0.29) is 11.4 Å². The Kier molecular flexibility index (Phi) is 4.44. The number of halogens is 1. The summed E-state index contributed by atoms with van der Waals surface area (Å²) in [6, 6.07) is 19.5. The molecule has 0 spiro atoms. The minimum atomic E-state index is -0.461. The van der Waals surface area contributed by atoms with Crippen LogP contribution < -0.4 is 16.2 Å². The number of carbonyl (C=O) groups is 1. The summed E-state index contributed by atoms with van der Waals surface area (Å²) in [5, 5.41) is 5.36. The second-order valence-corrected chi connectivity index (χ2v) is 6.97. The van der Waals surface area contributed by atoms with Crippen molar-refractivity contribution in [1.29, 1.82) is 0 Å². The number of rotatable bonds is 3. The molecule has 2 amide bonds. The molecule has 3 aromatic rings. The lowest BCUT2D eigenvalue weighted by Crippen LogP contribution is -2.19. The molecule has 8 heteroatoms. The molecule has 0 saturated carbocycles. The van der Waals surface area contributed by atoms with E-state index in [2.05, 4.69) is 25.6 Å². The monoisotopic (exact) mass is 413 g/mol. The molecule has 0 saturated heterocycles. The molecule has 1 aromatic heterocycles. The quantitative estimate of drug-likeness (QED) is 0.341. The van der Waals surface area contributed by atoms with Crippen LogP contribution >= 0.6 is 0 Å². The summed E-state index contributed by atoms with van der Waals surface area (Å²) in [7, 11) is 0. The van der Waals surface area contributed by atoms with Crippen molar-refractivity contribution in [2.75, 3.05) is 10.6 Å². The van der Waals surface area contributed by atoms with E-state index in [1.165, 1.54) is 24.3 Å². The number of anilines is 2. The van der Waals surface area contributed by atoms with Gasteiger partial charge in [0.05, 0.1) is 16.6 Å². The van der Waals surface area contributed by atoms with Crippen LogP contribution in [0, 0.1) is 5.82 Å². The highest BCUT2D eigenvalue weighted by molar-refractivity contribution is 6.01. The van der Waals surface area contributed by atoms with Gasteiger partial charge >= 0.3 is 6.03 Å². The van der Waals surface area contributed by atoms with Crippen molar-refractivity contribution < 1.29 is 9.18 Å². The molecule has 2 heterocycles. The summed E-state index contributed by atoms with van der Waals surface area (Å²) >= 11 is 0. The molecule has 5 rings (SSSR count). The number of amides is 2. The minimum absolute atomic E-state index is 0.225. The number of fused-ring (bicyclic) bond motifs is 2. The van der Waals surface area contributed by atoms with Crippen LogP contribution in [0.3, 0.4) is 0 Å². The number of hydrogen-bond acceptors (Lipinski definition) is 3. The molecule has 0 bridgehead atoms. The molecule has 0 atom stereocenters. The fraction of sp³-hybridized carbons (Fsp3) is 0. The van der Waals surface area contributed by atoms with Gasteiger partial charge in [-0.25, -0.2) is 14.2 Å². The molecule has 0 unspecified atom stereocenters. The van der Waals surface area contributed by atoms with E-state index in [0.717, 1.165) is 11.3 Å². The van der Waals surface area contributed by atoms with Crippen LogP contribution in [0.25, 0.3) is 33.7 Å². The Balaban J connectivity index is 1.42. The lowest BCUT2D eigenvalue weighted by Gasteiger charge is -2.07. The maximum absolute atomic E-state index is 13.0. The zero-order chi connectivity index (χ0) is 21.4. The van der Waals surface area contributed by atoms with Gasteiger partial charge in [0.1, 0.15) is 11.6 Å². The Morgan fingerprint density at radius 1 is 0.871 bits per heavy atom. The Morgan fingerprint density at radius 2 is 1.61 bits per heavy atom. The summed E-state index contributed by atoms with van der Waals surface area (Å²) in [6.07, 6.45) is 0. The molecule has 2 aliphatic rings. The number of H-pyrrole nitrogens is 2. The smallest absolute Gasteiger partial charge is 0.323 e. The highest BCUT2D eigenvalue weighted by Crippen LogP contribution is 2.29. The number of urea groups is 1. The van der Waals surface area contributed by atoms with Gasteiger partial charge in [-0.2, -0.15) is 0 Å². The Hall–Kier alpha value is -4.46. The van der Waals surface area contributed by atoms with Crippen LogP contribution in [0.2, 0.25) is 0 Å². The topological polar surface area (TPSA) is 103 Å². The molecular weight excluding hydrogens is 397 g/mol. The van der Waals surface area contributed by atoms with E-state index in [1.807, 2.05) is 30.3 Å². The number of nitrogens with one attached hydrogen (secondary N) is 4. The van der Waals surface area contributed by atoms with Gasteiger partial charge in [0.25, 0.3) is 5.56 Å². The molecule has 1 aliphatic carbocycles. The van der Waals surface area contributed by atoms with E-state index in [4.69, 9.17) is 0 Å². The number of benzene rings is 2. The second-order valence-electron chi connectivity index (χ2n) is 6.97. The lowest BCUT2D eigenvalue weighted by molar-refractivity contribution is 0.262. The average Bonchev–Trinajstić information content (AvgIpc) is 3.21. The molecule has 31 heavy (non-hydrogen) atoms. The van der Waals surface area contributed by atoms with Gasteiger partial charge in [0.2, 0.25) is 0 Å². The molecule has 1 aliphatic heterocycles. The van der Waals surface area contributed by atoms with Gasteiger partial charge in [-0.3, -0.25) is 4.79 Å². The molecule has 4 N–H and O–H groups in total. The first kappa shape index (κ1) is 18.6. The summed E-state index contributed by atoms with van der Waals surface area (Å²) in [5.41, 5.74) is 4.08. The van der Waals surface area contributed by atoms with E-state index >= 15 is 0 Å². The molecular formula is C23H16FN5O2. The van der Waals surface area contributed by atoms with Gasteiger partial charge in [0.15, 0.2) is 0 Å². The van der Waals surface area contributed by atoms with Gasteiger partial charge in [-0.1, -0.05) is 24.3 Å². The van der Waals surface area contributed by atoms with Crippen molar-refractivity contribution in [2.24, 2.45) is 0 Å². The third-order valence-corrected chi connectivity index (χ3v) is 4.86. The zero-order valence-electron chi connectivity index (χ0n) is 16.1. The van der Waals surface area contributed by atoms with Crippen LogP contribution in [0.4, 0.5) is 20.6 Å². The molecule has 0 fully saturated rings. The molecule has 152 valence electrons. The van der Waals surface area contributed by atoms with E-state index in [1.54, 1.807) is 18.2 Å². The number of carbonyl (C=O) groups excluding carboxylic acids is 1. The van der Waals surface area contributed by atoms with E-state index in [9.17, 15) is 14.0 Å². The first-order chi connectivity index (χ1) is 15.1. The first-order valence-corrected chi connectivity index (χ1v) is 9.51. The summed E-state index contributed by atoms with van der Waals surface area (Å²) in [4.78, 5) is 35.3. The minimum Gasteiger partial charge on any atom is -0.338 e. The molecule has 0 radical (unpaired) electrons. The zero-order valence-corrected chi connectivity index (χ0v) is 16.1. The van der Waals surface area contributed by atoms with Crippen molar-refractivity contribution >= 4 is 28.4 Å². The standard InChI is InChI=1S/C23H16FN5O2/c24-13-6-8-14(9-7-13)25-23(31)26-15-10-11-18-19(12-15)28-21(27-18)20-16-4-2-1-3-5-17(16)29-22(20)30/h1-12H,(H,27,28)(H,29,30)(H2,25,26,31). The number of hydrogen-bond donors (Lipinski definition) is 4. The molecule has 2 aromatic carbocycles. The van der Waals surface area contributed by atoms with Crippen molar-refractivity contribution in [3.05, 3.63) is 89.0 Å². The van der Waals surface area contributed by atoms with Crippen LogP contribution in [0.5, 0.6) is 0 Å². The first-order valence-electron chi connectivity index (χ1n) is 9.51. The van der Waals surface area contributed by atoms with Crippen LogP contribution in [-0.4, -0.2) is 21.0 Å². The maximum atomic E-state index is 13.0. The number of imidazole rings is 1. The van der Waals surface area contributed by atoms with Gasteiger partial charge in [-0.15, -0.1) is 0 Å². The van der Waals surface area contributed by atoms with Crippen molar-refractivity contribution in [1.82, 2.24) is 15.0 Å². The Morgan fingerprint density at radius 3 is 2.45 bits per heavy atom. The third kappa shape index (κ3) is 3.62. The van der Waals surface area contributed by atoms with Crippen LogP contribution in [0.15, 0.2) is 77.6 Å². The van der Waals surface area contributed by atoms with Crippen LogP contribution in [-0.2, 0) is 0 Å². The van der Waals surface area contributed by atoms with Gasteiger partial charge in [0, 0.05) is 22.6 Å². The fourth-order valence-corrected chi connectivity index (χ4v) is 3.45. The fourth-order valence-electron chi connectivity index (χ4n) is 3.45. The molecule has 7 nitrogen and oxygen atoms in total. The summed E-state index contributed by atoms with van der Waals surface area (Å²) in [6.45, 7) is 0. The van der Waals surface area contributed by atoms with Gasteiger partial charge < -0.3 is 20.6 Å². The van der Waals surface area contributed by atoms with E-state index < -0.39 is 6.03 Å². The van der Waals surface area contributed by atoms with Gasteiger partial charge in [-0.05, 0) is 48.5 Å². The number of aromatic amines is 2. The maximum Gasteiger partial charge on any atom is 0.323 e. The van der Waals surface area contributed by atoms with Crippen molar-refractivity contribution in [2.45, 2.75) is 0 Å². The Labute approximate surface area is 175 Å². The summed E-state index contributed by atoms with van der Waals surface area (Å²) in [5.74, 6) is 0.0713. The second kappa shape index (κ2) is 7.42. The predicted molar refractivity (Wildman–Crippen MR) is 118 cm³/mol. The normalized spacial score (nSPS) is 11.0. The average molecular weight is 413 g/mol. The predicted octanol–water partition coefficient (Wildman–Crippen LogP) is 4.81. The van der Waals surface area contributed by atoms with Crippen molar-refractivity contribution in [3.63, 3.8) is 0 Å². The highest BCUT2D eigenvalue weighted by Gasteiger charge is 2.18.